The van der Waals surface area contributed by atoms with E-state index in [0.717, 1.165) is 107 Å². The predicted octanol–water partition coefficient (Wildman–Crippen LogP) is 24.9. The van der Waals surface area contributed by atoms with E-state index in [1.807, 2.05) is 32.9 Å². The average molecular weight is 1020 g/mol. The Bertz CT molecular complexity index is 1130. The fourth-order valence-corrected chi connectivity index (χ4v) is 7.98. The summed E-state index contributed by atoms with van der Waals surface area (Å²) in [5, 5.41) is 0. The van der Waals surface area contributed by atoms with Gasteiger partial charge in [-0.25, -0.2) is 0 Å². The van der Waals surface area contributed by atoms with Crippen molar-refractivity contribution in [2.24, 2.45) is 107 Å². The van der Waals surface area contributed by atoms with Gasteiger partial charge in [0.25, 0.3) is 0 Å². The maximum atomic E-state index is 2.39. The van der Waals surface area contributed by atoms with Crippen molar-refractivity contribution in [3.63, 3.8) is 0 Å². The fraction of sp³-hybridized carbons (Fsp3) is 0.851. The van der Waals surface area contributed by atoms with Gasteiger partial charge >= 0.3 is 0 Å². The first-order valence-corrected chi connectivity index (χ1v) is 25.9. The van der Waals surface area contributed by atoms with Crippen LogP contribution < -0.4 is 0 Å². The number of hydrogen-bond donors (Lipinski definition) is 0. The zero-order valence-corrected chi connectivity index (χ0v) is 46.9. The van der Waals surface area contributed by atoms with Crippen LogP contribution in [0.5, 0.6) is 0 Å². The van der Waals surface area contributed by atoms with Crippen molar-refractivity contribution in [1.82, 2.24) is 0 Å². The molecule has 0 nitrogen and oxygen atoms in total. The minimum atomic E-state index is 0. The summed E-state index contributed by atoms with van der Waals surface area (Å²) in [6.45, 7) is 44.7. The van der Waals surface area contributed by atoms with Crippen molar-refractivity contribution in [3.05, 3.63) is 60.8 Å². The Morgan fingerprint density at radius 2 is 0.609 bits per heavy atom. The molecule has 0 aromatic rings. The van der Waals surface area contributed by atoms with Crippen LogP contribution in [0.25, 0.3) is 0 Å². The van der Waals surface area contributed by atoms with E-state index in [1.54, 1.807) is 6.42 Å². The first-order chi connectivity index (χ1) is 27.8. The maximum Gasteiger partial charge on any atom is -0.0290 e. The van der Waals surface area contributed by atoms with E-state index in [0.29, 0.717) is 0 Å². The third-order valence-electron chi connectivity index (χ3n) is 14.3. The van der Waals surface area contributed by atoms with Crippen LogP contribution in [-0.4, -0.2) is 0 Å². The number of rotatable bonds is 12. The quantitative estimate of drug-likeness (QED) is 0.171. The Morgan fingerprint density at radius 1 is 0.319 bits per heavy atom. The topological polar surface area (TPSA) is 0 Å². The zero-order valence-electron chi connectivity index (χ0n) is 44.9. The molecule has 0 saturated heterocycles. The summed E-state index contributed by atoms with van der Waals surface area (Å²) in [6.07, 6.45) is 37.7. The molecule has 69 heavy (non-hydrogen) atoms. The van der Waals surface area contributed by atoms with E-state index in [2.05, 4.69) is 166 Å². The lowest BCUT2D eigenvalue weighted by Gasteiger charge is -1.99. The van der Waals surface area contributed by atoms with Crippen LogP contribution in [0.1, 0.15) is 269 Å². The zero-order chi connectivity index (χ0) is 45.2. The van der Waals surface area contributed by atoms with Crippen LogP contribution in [0.4, 0.5) is 0 Å². The summed E-state index contributed by atoms with van der Waals surface area (Å²) in [5.74, 6) is 18.1. The van der Waals surface area contributed by atoms with Gasteiger partial charge in [-0.1, -0.05) is 224 Å². The van der Waals surface area contributed by atoms with Crippen molar-refractivity contribution in [2.45, 2.75) is 269 Å². The number of allylic oxidation sites excluding steroid dienone is 10. The Hall–Kier alpha value is -0.600. The van der Waals surface area contributed by atoms with Gasteiger partial charge in [0.2, 0.25) is 0 Å². The molecule has 2 heteroatoms. The molecule has 7 aliphatic rings. The molecular formula is C67H146S2. The van der Waals surface area contributed by atoms with E-state index < -0.39 is 0 Å². The van der Waals surface area contributed by atoms with E-state index >= 15 is 0 Å². The SMILES string of the molecule is C.C.C.C.C.C.C.C.CC(C)C1C[C@@H]1C.CC(C)C=CCC1C[C@@H]1C.CC=CC.CC=CC(C)C.CC=CCC1CC1C(C)C.CC=CCC1C[C@@H]1C.C[C@@H]1CC1CC1C[C@@H]1C.C[C@@H]1C[C@@H]1C.S.S. The van der Waals surface area contributed by atoms with Crippen LogP contribution in [0, 0.1) is 107 Å². The summed E-state index contributed by atoms with van der Waals surface area (Å²) in [5.41, 5.74) is 0. The van der Waals surface area contributed by atoms with Gasteiger partial charge in [-0.2, -0.15) is 27.0 Å². The van der Waals surface area contributed by atoms with E-state index in [1.165, 1.54) is 64.2 Å². The Balaban J connectivity index is -0.0000000614. The molecule has 0 aliphatic heterocycles. The van der Waals surface area contributed by atoms with Crippen LogP contribution in [0.2, 0.25) is 0 Å². The second kappa shape index (κ2) is 53.7. The van der Waals surface area contributed by atoms with Crippen molar-refractivity contribution in [3.8, 4) is 0 Å². The minimum Gasteiger partial charge on any atom is -0.197 e. The molecule has 0 aromatic carbocycles. The predicted molar refractivity (Wildman–Crippen MR) is 347 cm³/mol. The molecule has 426 valence electrons. The third kappa shape index (κ3) is 56.5. The van der Waals surface area contributed by atoms with Gasteiger partial charge < -0.3 is 0 Å². The molecule has 0 aromatic heterocycles. The highest BCUT2D eigenvalue weighted by Crippen LogP contribution is 2.51. The van der Waals surface area contributed by atoms with Gasteiger partial charge in [0.1, 0.15) is 0 Å². The fourth-order valence-electron chi connectivity index (χ4n) is 7.98. The lowest BCUT2D eigenvalue weighted by molar-refractivity contribution is 0.519. The third-order valence-corrected chi connectivity index (χ3v) is 14.3. The molecule has 0 spiro atoms. The van der Waals surface area contributed by atoms with Gasteiger partial charge in [-0.05, 0) is 212 Å². The highest BCUT2D eigenvalue weighted by Gasteiger charge is 2.41. The van der Waals surface area contributed by atoms with Gasteiger partial charge in [-0.15, -0.1) is 0 Å². The average Bonchev–Trinajstić information content (AvgIpc) is 3.94. The van der Waals surface area contributed by atoms with Crippen LogP contribution in [-0.2, 0) is 0 Å². The van der Waals surface area contributed by atoms with Gasteiger partial charge in [0, 0.05) is 0 Å². The molecule has 7 rings (SSSR count). The molecule has 0 heterocycles. The van der Waals surface area contributed by atoms with Gasteiger partial charge in [0.15, 0.2) is 0 Å². The summed E-state index contributed by atoms with van der Waals surface area (Å²) < 4.78 is 0. The normalized spacial score (nSPS) is 29.8. The monoisotopic (exact) mass is 1020 g/mol. The van der Waals surface area contributed by atoms with Gasteiger partial charge in [0.05, 0.1) is 0 Å². The smallest absolute Gasteiger partial charge is 0.0290 e. The van der Waals surface area contributed by atoms with Crippen molar-refractivity contribution >= 4 is 27.0 Å². The van der Waals surface area contributed by atoms with E-state index in [9.17, 15) is 0 Å². The molecule has 0 N–H and O–H groups in total. The number of hydrogen-bond acceptors (Lipinski definition) is 0. The Morgan fingerprint density at radius 3 is 0.768 bits per heavy atom. The van der Waals surface area contributed by atoms with Crippen LogP contribution >= 0.6 is 27.0 Å². The Kier molecular flexibility index (Phi) is 73.4. The van der Waals surface area contributed by atoms with Crippen molar-refractivity contribution < 1.29 is 0 Å². The van der Waals surface area contributed by atoms with Crippen molar-refractivity contribution in [2.75, 3.05) is 0 Å². The lowest BCUT2D eigenvalue weighted by atomic mass is 10.1. The summed E-state index contributed by atoms with van der Waals surface area (Å²) in [6, 6.07) is 0. The Labute approximate surface area is 460 Å². The molecule has 0 amide bonds. The second-order valence-electron chi connectivity index (χ2n) is 22.3. The highest BCUT2D eigenvalue weighted by molar-refractivity contribution is 7.59. The molecule has 14 atom stereocenters. The van der Waals surface area contributed by atoms with Crippen LogP contribution in [0.15, 0.2) is 60.8 Å². The molecule has 7 unspecified atom stereocenters. The van der Waals surface area contributed by atoms with Crippen molar-refractivity contribution in [1.29, 1.82) is 0 Å². The molecule has 0 bridgehead atoms. The largest absolute Gasteiger partial charge is 0.197 e. The standard InChI is InChI=1S/2C10H18.C9H16.C8H14.C7H14.C6H12.C5H10.C4H8.8CH4.2H2S/c1-8(2)5-4-6-10-7-9(10)3;1-4-5-6-9-7-10(9)8(2)3;1-6-3-8(6)5-9-4-7(9)2;1-3-4-5-8-6-7(8)2;1-5(2)7-4-6(7)3;1-4-5-6(2)3;1-4-3-5(4)2;1-3-4-2;;;;;;;;;;/h2*4-5,8-10H,6-7H2,1-3H3;6-9H,3-5H2,1-2H3;3-4,7-8H,5-6H2,1-2H3;5-7H,4H2,1-3H3;4-6H,1-3H3;4-5H,3H2,1-2H3;3-4H,1-2H3;8*1H4;2*1H2/t9-,10?;;6-,7+,8?,9?;7-,8?;6-,7?;;4-,5+;;;;;;;;;;;/m0..00............./s1. The summed E-state index contributed by atoms with van der Waals surface area (Å²) in [4.78, 5) is 0. The molecule has 7 saturated carbocycles. The van der Waals surface area contributed by atoms with Gasteiger partial charge in [-0.3, -0.25) is 0 Å². The van der Waals surface area contributed by atoms with Crippen LogP contribution in [0.3, 0.4) is 0 Å². The van der Waals surface area contributed by atoms with E-state index in [4.69, 9.17) is 0 Å². The summed E-state index contributed by atoms with van der Waals surface area (Å²) >= 11 is 0. The minimum absolute atomic E-state index is 0. The highest BCUT2D eigenvalue weighted by atomic mass is 32.1. The molecular weight excluding hydrogens is 869 g/mol. The van der Waals surface area contributed by atoms with E-state index in [-0.39, 0.29) is 86.4 Å². The molecule has 7 aliphatic carbocycles. The maximum absolute atomic E-state index is 2.39. The second-order valence-corrected chi connectivity index (χ2v) is 22.3. The molecule has 0 radical (unpaired) electrons. The molecule has 7 fully saturated rings. The summed E-state index contributed by atoms with van der Waals surface area (Å²) in [7, 11) is 0. The lowest BCUT2D eigenvalue weighted by Crippen LogP contribution is -1.91. The first-order valence-electron chi connectivity index (χ1n) is 25.9. The first kappa shape index (κ1) is 94.3.